The quantitative estimate of drug-likeness (QED) is 0.606. The van der Waals surface area contributed by atoms with Crippen molar-refractivity contribution in [3.8, 4) is 0 Å². The van der Waals surface area contributed by atoms with E-state index < -0.39 is 0 Å². The minimum Gasteiger partial charge on any atom is -0.207 e. The third-order valence-corrected chi connectivity index (χ3v) is 4.41. The lowest BCUT2D eigenvalue weighted by Gasteiger charge is -2.14. The van der Waals surface area contributed by atoms with Gasteiger partial charge in [0.25, 0.3) is 0 Å². The molecule has 0 saturated heterocycles. The minimum absolute atomic E-state index is 0.258. The average Bonchev–Trinajstić information content (AvgIpc) is 2.32. The molecule has 0 radical (unpaired) electrons. The molecule has 0 amide bonds. The largest absolute Gasteiger partial charge is 0.207 e. The molecule has 4 heteroatoms. The Balaban J connectivity index is 2.48. The molecule has 2 aromatic carbocycles. The second kappa shape index (κ2) is 5.49. The molecule has 0 aliphatic heterocycles. The number of hydrogen-bond acceptors (Lipinski definition) is 0. The number of halogens is 4. The van der Waals surface area contributed by atoms with Gasteiger partial charge in [-0.1, -0.05) is 50.1 Å². The molecule has 2 rings (SSSR count). The molecule has 94 valence electrons. The number of rotatable bonds is 2. The predicted molar refractivity (Wildman–Crippen MR) is 76.0 cm³/mol. The SMILES string of the molecule is Cc1cc(C(Br)c2c(F)cccc2Br)ccc1F. The van der Waals surface area contributed by atoms with Crippen LogP contribution in [0.25, 0.3) is 0 Å². The van der Waals surface area contributed by atoms with Gasteiger partial charge in [0.2, 0.25) is 0 Å². The second-order valence-electron chi connectivity index (χ2n) is 4.01. The molecule has 0 aliphatic rings. The molecule has 0 aliphatic carbocycles. The van der Waals surface area contributed by atoms with Crippen LogP contribution in [0.1, 0.15) is 21.5 Å². The van der Waals surface area contributed by atoms with Crippen LogP contribution >= 0.6 is 31.9 Å². The summed E-state index contributed by atoms with van der Waals surface area (Å²) in [6.07, 6.45) is 0. The van der Waals surface area contributed by atoms with Crippen LogP contribution in [0.5, 0.6) is 0 Å². The van der Waals surface area contributed by atoms with E-state index in [1.807, 2.05) is 0 Å². The fraction of sp³-hybridized carbons (Fsp3) is 0.143. The molecular formula is C14H10Br2F2. The van der Waals surface area contributed by atoms with Crippen LogP contribution in [0.2, 0.25) is 0 Å². The lowest BCUT2D eigenvalue weighted by atomic mass is 10.0. The fourth-order valence-corrected chi connectivity index (χ4v) is 3.37. The van der Waals surface area contributed by atoms with Crippen LogP contribution in [-0.2, 0) is 0 Å². The summed E-state index contributed by atoms with van der Waals surface area (Å²) in [4.78, 5) is -0.313. The van der Waals surface area contributed by atoms with Gasteiger partial charge < -0.3 is 0 Å². The maximum Gasteiger partial charge on any atom is 0.129 e. The molecule has 18 heavy (non-hydrogen) atoms. The summed E-state index contributed by atoms with van der Waals surface area (Å²) in [5.41, 5.74) is 1.88. The maximum atomic E-state index is 13.8. The maximum absolute atomic E-state index is 13.8. The molecule has 1 unspecified atom stereocenters. The summed E-state index contributed by atoms with van der Waals surface area (Å²) in [7, 11) is 0. The molecule has 0 heterocycles. The first-order chi connectivity index (χ1) is 8.50. The molecule has 1 atom stereocenters. The Morgan fingerprint density at radius 2 is 1.78 bits per heavy atom. The van der Waals surface area contributed by atoms with Crippen molar-refractivity contribution < 1.29 is 8.78 Å². The van der Waals surface area contributed by atoms with Crippen LogP contribution in [0.4, 0.5) is 8.78 Å². The zero-order valence-electron chi connectivity index (χ0n) is 9.55. The Kier molecular flexibility index (Phi) is 4.17. The first-order valence-electron chi connectivity index (χ1n) is 5.34. The first-order valence-corrected chi connectivity index (χ1v) is 7.05. The molecule has 0 N–H and O–H groups in total. The molecule has 0 aromatic heterocycles. The molecule has 0 saturated carbocycles. The van der Waals surface area contributed by atoms with Gasteiger partial charge in [0.1, 0.15) is 11.6 Å². The first kappa shape index (κ1) is 13.7. The minimum atomic E-state index is -0.313. The summed E-state index contributed by atoms with van der Waals surface area (Å²) in [6.45, 7) is 1.69. The Morgan fingerprint density at radius 3 is 2.39 bits per heavy atom. The van der Waals surface area contributed by atoms with Gasteiger partial charge in [-0.2, -0.15) is 0 Å². The zero-order chi connectivity index (χ0) is 13.3. The van der Waals surface area contributed by atoms with Gasteiger partial charge in [-0.05, 0) is 36.2 Å². The molecule has 0 fully saturated rings. The summed E-state index contributed by atoms with van der Waals surface area (Å²) >= 11 is 6.80. The van der Waals surface area contributed by atoms with E-state index in [1.54, 1.807) is 31.2 Å². The van der Waals surface area contributed by atoms with E-state index in [0.717, 1.165) is 5.56 Å². The van der Waals surface area contributed by atoms with Crippen molar-refractivity contribution in [2.24, 2.45) is 0 Å². The van der Waals surface area contributed by atoms with Gasteiger partial charge >= 0.3 is 0 Å². The lowest BCUT2D eigenvalue weighted by Crippen LogP contribution is -1.99. The van der Waals surface area contributed by atoms with Crippen molar-refractivity contribution in [3.05, 3.63) is 69.2 Å². The van der Waals surface area contributed by atoms with E-state index in [-0.39, 0.29) is 16.5 Å². The van der Waals surface area contributed by atoms with Gasteiger partial charge in [-0.25, -0.2) is 8.78 Å². The smallest absolute Gasteiger partial charge is 0.129 e. The van der Waals surface area contributed by atoms with E-state index in [0.29, 0.717) is 15.6 Å². The van der Waals surface area contributed by atoms with Gasteiger partial charge in [0.15, 0.2) is 0 Å². The number of benzene rings is 2. The van der Waals surface area contributed by atoms with Crippen LogP contribution in [0.3, 0.4) is 0 Å². The molecule has 0 spiro atoms. The Morgan fingerprint density at radius 1 is 1.06 bits per heavy atom. The van der Waals surface area contributed by atoms with Gasteiger partial charge in [-0.3, -0.25) is 0 Å². The third-order valence-electron chi connectivity index (χ3n) is 2.73. The highest BCUT2D eigenvalue weighted by Crippen LogP contribution is 2.37. The standard InChI is InChI=1S/C14H10Br2F2/c1-8-7-9(5-6-11(8)17)14(16)13-10(15)3-2-4-12(13)18/h2-7,14H,1H3. The molecule has 0 nitrogen and oxygen atoms in total. The van der Waals surface area contributed by atoms with Crippen molar-refractivity contribution in [2.75, 3.05) is 0 Å². The Labute approximate surface area is 121 Å². The Bertz CT molecular complexity index is 562. The summed E-state index contributed by atoms with van der Waals surface area (Å²) in [6, 6.07) is 9.59. The van der Waals surface area contributed by atoms with E-state index in [4.69, 9.17) is 0 Å². The number of aryl methyl sites for hydroxylation is 1. The molecular weight excluding hydrogens is 366 g/mol. The van der Waals surface area contributed by atoms with Crippen LogP contribution in [0.15, 0.2) is 40.9 Å². The predicted octanol–water partition coefficient (Wildman–Crippen LogP) is 5.52. The van der Waals surface area contributed by atoms with Gasteiger partial charge in [-0.15, -0.1) is 0 Å². The summed E-state index contributed by atoms with van der Waals surface area (Å²) in [5.74, 6) is -0.556. The highest BCUT2D eigenvalue weighted by Gasteiger charge is 2.18. The lowest BCUT2D eigenvalue weighted by molar-refractivity contribution is 0.610. The van der Waals surface area contributed by atoms with Crippen molar-refractivity contribution in [1.82, 2.24) is 0 Å². The molecule has 2 aromatic rings. The van der Waals surface area contributed by atoms with Crippen LogP contribution < -0.4 is 0 Å². The highest BCUT2D eigenvalue weighted by molar-refractivity contribution is 9.11. The van der Waals surface area contributed by atoms with Crippen molar-refractivity contribution in [2.45, 2.75) is 11.8 Å². The zero-order valence-corrected chi connectivity index (χ0v) is 12.7. The van der Waals surface area contributed by atoms with E-state index >= 15 is 0 Å². The van der Waals surface area contributed by atoms with Crippen LogP contribution in [-0.4, -0.2) is 0 Å². The third kappa shape index (κ3) is 2.64. The fourth-order valence-electron chi connectivity index (χ4n) is 1.75. The topological polar surface area (TPSA) is 0 Å². The normalized spacial score (nSPS) is 12.5. The summed E-state index contributed by atoms with van der Waals surface area (Å²) < 4.78 is 27.7. The second-order valence-corrected chi connectivity index (χ2v) is 5.78. The molecule has 0 bridgehead atoms. The van der Waals surface area contributed by atoms with E-state index in [9.17, 15) is 8.78 Å². The summed E-state index contributed by atoms with van der Waals surface area (Å²) in [5, 5.41) is 0. The number of hydrogen-bond donors (Lipinski definition) is 0. The van der Waals surface area contributed by atoms with E-state index in [1.165, 1.54) is 12.1 Å². The Hall–Kier alpha value is -0.740. The number of alkyl halides is 1. The van der Waals surface area contributed by atoms with Gasteiger partial charge in [0.05, 0.1) is 4.83 Å². The van der Waals surface area contributed by atoms with Crippen molar-refractivity contribution in [1.29, 1.82) is 0 Å². The highest BCUT2D eigenvalue weighted by atomic mass is 79.9. The van der Waals surface area contributed by atoms with Crippen molar-refractivity contribution >= 4 is 31.9 Å². The average molecular weight is 376 g/mol. The monoisotopic (exact) mass is 374 g/mol. The van der Waals surface area contributed by atoms with Crippen LogP contribution in [0, 0.1) is 18.6 Å². The van der Waals surface area contributed by atoms with Crippen molar-refractivity contribution in [3.63, 3.8) is 0 Å². The van der Waals surface area contributed by atoms with Gasteiger partial charge in [0, 0.05) is 10.0 Å². The van der Waals surface area contributed by atoms with E-state index in [2.05, 4.69) is 31.9 Å².